The molecule has 2 aromatic rings. The van der Waals surface area contributed by atoms with Gasteiger partial charge in [-0.1, -0.05) is 13.8 Å². The third-order valence-corrected chi connectivity index (χ3v) is 3.83. The topological polar surface area (TPSA) is 86.0 Å². The van der Waals surface area contributed by atoms with Crippen molar-refractivity contribution < 1.29 is 4.74 Å². The Morgan fingerprint density at radius 3 is 2.73 bits per heavy atom. The Labute approximate surface area is 137 Å². The fraction of sp³-hybridized carbons (Fsp3) is 0.400. The van der Waals surface area contributed by atoms with E-state index in [1.807, 2.05) is 12.3 Å². The minimum Gasteiger partial charge on any atom is -0.451 e. The van der Waals surface area contributed by atoms with Gasteiger partial charge in [0.15, 0.2) is 11.6 Å². The zero-order valence-electron chi connectivity index (χ0n) is 12.5. The van der Waals surface area contributed by atoms with Gasteiger partial charge >= 0.3 is 0 Å². The number of ether oxygens (including phenoxy) is 1. The lowest BCUT2D eigenvalue weighted by Crippen LogP contribution is -2.08. The zero-order valence-corrected chi connectivity index (χ0v) is 14.1. The highest BCUT2D eigenvalue weighted by molar-refractivity contribution is 9.10. The third-order valence-electron chi connectivity index (χ3n) is 3.40. The van der Waals surface area contributed by atoms with E-state index >= 15 is 0 Å². The van der Waals surface area contributed by atoms with Crippen molar-refractivity contribution in [3.8, 4) is 11.5 Å². The predicted octanol–water partition coefficient (Wildman–Crippen LogP) is 3.71. The van der Waals surface area contributed by atoms with E-state index in [0.717, 1.165) is 28.8 Å². The monoisotopic (exact) mass is 363 g/mol. The number of rotatable bonds is 5. The SMILES string of the molecule is CC(C)c1cnc(Br)cc1Oc1cnc(N)nc1NC1CC1. The molecule has 3 N–H and O–H groups in total. The molecule has 0 radical (unpaired) electrons. The molecule has 0 spiro atoms. The number of pyridine rings is 1. The van der Waals surface area contributed by atoms with Crippen molar-refractivity contribution in [1.29, 1.82) is 0 Å². The number of nitrogens with one attached hydrogen (secondary N) is 1. The lowest BCUT2D eigenvalue weighted by molar-refractivity contribution is 0.469. The number of nitrogens with two attached hydrogens (primary N) is 1. The van der Waals surface area contributed by atoms with Crippen LogP contribution < -0.4 is 15.8 Å². The number of nitrogen functional groups attached to an aromatic ring is 1. The van der Waals surface area contributed by atoms with Gasteiger partial charge in [-0.15, -0.1) is 0 Å². The van der Waals surface area contributed by atoms with Crippen LogP contribution in [0.5, 0.6) is 11.5 Å². The Balaban J connectivity index is 1.94. The minimum absolute atomic E-state index is 0.232. The Hall–Kier alpha value is -1.89. The van der Waals surface area contributed by atoms with Crippen LogP contribution in [0.2, 0.25) is 0 Å². The molecule has 2 aromatic heterocycles. The Kier molecular flexibility index (Phi) is 4.15. The Bertz CT molecular complexity index is 688. The molecule has 0 aliphatic heterocycles. The van der Waals surface area contributed by atoms with Gasteiger partial charge in [0, 0.05) is 23.9 Å². The summed E-state index contributed by atoms with van der Waals surface area (Å²) in [6.07, 6.45) is 5.70. The Morgan fingerprint density at radius 1 is 1.27 bits per heavy atom. The van der Waals surface area contributed by atoms with E-state index in [-0.39, 0.29) is 5.95 Å². The van der Waals surface area contributed by atoms with Gasteiger partial charge < -0.3 is 15.8 Å². The second-order valence-electron chi connectivity index (χ2n) is 5.66. The van der Waals surface area contributed by atoms with Crippen LogP contribution >= 0.6 is 15.9 Å². The van der Waals surface area contributed by atoms with Crippen LogP contribution in [0.4, 0.5) is 11.8 Å². The average molecular weight is 364 g/mol. The summed E-state index contributed by atoms with van der Waals surface area (Å²) in [6, 6.07) is 2.30. The summed E-state index contributed by atoms with van der Waals surface area (Å²) >= 11 is 3.38. The second kappa shape index (κ2) is 6.08. The highest BCUT2D eigenvalue weighted by atomic mass is 79.9. The zero-order chi connectivity index (χ0) is 15.7. The number of halogens is 1. The highest BCUT2D eigenvalue weighted by Crippen LogP contribution is 2.36. The van der Waals surface area contributed by atoms with E-state index in [0.29, 0.717) is 23.5 Å². The number of anilines is 2. The predicted molar refractivity (Wildman–Crippen MR) is 89.2 cm³/mol. The first-order valence-corrected chi connectivity index (χ1v) is 8.04. The molecule has 22 heavy (non-hydrogen) atoms. The molecule has 6 nitrogen and oxygen atoms in total. The van der Waals surface area contributed by atoms with Gasteiger partial charge in [0.1, 0.15) is 10.4 Å². The molecule has 0 bridgehead atoms. The minimum atomic E-state index is 0.232. The summed E-state index contributed by atoms with van der Waals surface area (Å²) in [5, 5.41) is 3.33. The average Bonchev–Trinajstić information content (AvgIpc) is 3.25. The fourth-order valence-electron chi connectivity index (χ4n) is 2.05. The number of nitrogens with zero attached hydrogens (tertiary/aromatic N) is 3. The summed E-state index contributed by atoms with van der Waals surface area (Å²) in [4.78, 5) is 12.6. The van der Waals surface area contributed by atoms with Crippen molar-refractivity contribution in [2.24, 2.45) is 0 Å². The van der Waals surface area contributed by atoms with Crippen LogP contribution in [0.3, 0.4) is 0 Å². The van der Waals surface area contributed by atoms with Crippen molar-refractivity contribution >= 4 is 27.7 Å². The summed E-state index contributed by atoms with van der Waals surface area (Å²) in [7, 11) is 0. The molecular formula is C15H18BrN5O. The lowest BCUT2D eigenvalue weighted by atomic mass is 10.1. The van der Waals surface area contributed by atoms with E-state index in [2.05, 4.69) is 50.0 Å². The summed E-state index contributed by atoms with van der Waals surface area (Å²) in [5.41, 5.74) is 6.71. The molecular weight excluding hydrogens is 346 g/mol. The number of hydrogen-bond donors (Lipinski definition) is 2. The maximum Gasteiger partial charge on any atom is 0.222 e. The number of hydrogen-bond acceptors (Lipinski definition) is 6. The van der Waals surface area contributed by atoms with Gasteiger partial charge in [0.05, 0.1) is 6.20 Å². The molecule has 0 aromatic carbocycles. The van der Waals surface area contributed by atoms with E-state index in [9.17, 15) is 0 Å². The van der Waals surface area contributed by atoms with Gasteiger partial charge in [-0.25, -0.2) is 9.97 Å². The van der Waals surface area contributed by atoms with Crippen molar-refractivity contribution in [3.63, 3.8) is 0 Å². The van der Waals surface area contributed by atoms with Gasteiger partial charge in [-0.05, 0) is 34.7 Å². The maximum atomic E-state index is 6.05. The fourth-order valence-corrected chi connectivity index (χ4v) is 2.36. The first-order valence-electron chi connectivity index (χ1n) is 7.25. The summed E-state index contributed by atoms with van der Waals surface area (Å²) in [6.45, 7) is 4.20. The summed E-state index contributed by atoms with van der Waals surface area (Å²) in [5.74, 6) is 2.48. The van der Waals surface area contributed by atoms with Crippen LogP contribution in [0.25, 0.3) is 0 Å². The molecule has 0 atom stereocenters. The molecule has 3 rings (SSSR count). The first kappa shape index (κ1) is 15.0. The molecule has 0 saturated heterocycles. The number of aromatic nitrogens is 3. The maximum absolute atomic E-state index is 6.05. The standard InChI is InChI=1S/C15H18BrN5O/c1-8(2)10-6-18-13(16)5-11(10)22-12-7-19-15(17)21-14(12)20-9-3-4-9/h5-9H,3-4H2,1-2H3,(H3,17,19,20,21). The quantitative estimate of drug-likeness (QED) is 0.787. The molecule has 1 fully saturated rings. The molecule has 7 heteroatoms. The molecule has 116 valence electrons. The van der Waals surface area contributed by atoms with Gasteiger partial charge in [0.25, 0.3) is 0 Å². The van der Waals surface area contributed by atoms with Gasteiger partial charge in [-0.3, -0.25) is 0 Å². The van der Waals surface area contributed by atoms with Crippen molar-refractivity contribution in [2.75, 3.05) is 11.1 Å². The van der Waals surface area contributed by atoms with Gasteiger partial charge in [0.2, 0.25) is 5.95 Å². The van der Waals surface area contributed by atoms with Gasteiger partial charge in [-0.2, -0.15) is 4.98 Å². The normalized spacial score (nSPS) is 14.2. The van der Waals surface area contributed by atoms with Crippen molar-refractivity contribution in [3.05, 3.63) is 28.6 Å². The van der Waals surface area contributed by atoms with E-state index < -0.39 is 0 Å². The van der Waals surface area contributed by atoms with Crippen LogP contribution in [0.1, 0.15) is 38.2 Å². The molecule has 2 heterocycles. The summed E-state index contributed by atoms with van der Waals surface area (Å²) < 4.78 is 6.78. The van der Waals surface area contributed by atoms with E-state index in [4.69, 9.17) is 10.5 Å². The molecule has 0 amide bonds. The van der Waals surface area contributed by atoms with E-state index in [1.54, 1.807) is 6.20 Å². The second-order valence-corrected chi connectivity index (χ2v) is 6.47. The Morgan fingerprint density at radius 2 is 2.05 bits per heavy atom. The molecule has 1 aliphatic carbocycles. The van der Waals surface area contributed by atoms with E-state index in [1.165, 1.54) is 0 Å². The lowest BCUT2D eigenvalue weighted by Gasteiger charge is -2.16. The van der Waals surface area contributed by atoms with Crippen LogP contribution in [0.15, 0.2) is 23.1 Å². The molecule has 1 saturated carbocycles. The van der Waals surface area contributed by atoms with Crippen LogP contribution in [0, 0.1) is 0 Å². The molecule has 1 aliphatic rings. The van der Waals surface area contributed by atoms with Crippen molar-refractivity contribution in [2.45, 2.75) is 38.6 Å². The van der Waals surface area contributed by atoms with Crippen LogP contribution in [-0.2, 0) is 0 Å². The van der Waals surface area contributed by atoms with Crippen molar-refractivity contribution in [1.82, 2.24) is 15.0 Å². The molecule has 0 unspecified atom stereocenters. The first-order chi connectivity index (χ1) is 10.5. The van der Waals surface area contributed by atoms with Crippen LogP contribution in [-0.4, -0.2) is 21.0 Å². The highest BCUT2D eigenvalue weighted by Gasteiger charge is 2.24. The third kappa shape index (κ3) is 3.47. The largest absolute Gasteiger partial charge is 0.451 e. The smallest absolute Gasteiger partial charge is 0.222 e.